The molecule has 2 aliphatic heterocycles. The van der Waals surface area contributed by atoms with Gasteiger partial charge in [-0.1, -0.05) is 17.7 Å². The van der Waals surface area contributed by atoms with Crippen LogP contribution in [0.3, 0.4) is 0 Å². The number of benzene rings is 1. The summed E-state index contributed by atoms with van der Waals surface area (Å²) in [5.41, 5.74) is 0.642. The molecule has 0 aromatic heterocycles. The van der Waals surface area contributed by atoms with Crippen molar-refractivity contribution in [1.82, 2.24) is 9.62 Å². The Kier molecular flexibility index (Phi) is 4.28. The lowest BCUT2D eigenvalue weighted by Gasteiger charge is -2.41. The summed E-state index contributed by atoms with van der Waals surface area (Å²) in [4.78, 5) is 0.345. The van der Waals surface area contributed by atoms with E-state index in [1.54, 1.807) is 29.4 Å². The second-order valence-electron chi connectivity index (χ2n) is 5.98. The summed E-state index contributed by atoms with van der Waals surface area (Å²) in [6.45, 7) is 4.03. The monoisotopic (exact) mass is 328 g/mol. The Morgan fingerprint density at radius 3 is 2.95 bits per heavy atom. The highest BCUT2D eigenvalue weighted by Crippen LogP contribution is 2.31. The van der Waals surface area contributed by atoms with Gasteiger partial charge in [-0.2, -0.15) is 4.31 Å². The van der Waals surface area contributed by atoms with E-state index in [2.05, 4.69) is 5.32 Å². The second-order valence-corrected chi connectivity index (χ2v) is 8.29. The lowest BCUT2D eigenvalue weighted by atomic mass is 9.86. The van der Waals surface area contributed by atoms with Gasteiger partial charge in [0, 0.05) is 24.2 Å². The van der Waals surface area contributed by atoms with Gasteiger partial charge in [-0.3, -0.25) is 0 Å². The quantitative estimate of drug-likeness (QED) is 0.907. The summed E-state index contributed by atoms with van der Waals surface area (Å²) in [7, 11) is -3.44. The molecular formula is C15H21ClN2O2S. The minimum Gasteiger partial charge on any atom is -0.314 e. The Labute approximate surface area is 131 Å². The zero-order valence-corrected chi connectivity index (χ0v) is 13.8. The van der Waals surface area contributed by atoms with E-state index in [9.17, 15) is 8.42 Å². The first-order chi connectivity index (χ1) is 10.00. The van der Waals surface area contributed by atoms with E-state index in [0.29, 0.717) is 40.5 Å². The molecule has 3 rings (SSSR count). The molecule has 0 spiro atoms. The van der Waals surface area contributed by atoms with Gasteiger partial charge in [0.05, 0.1) is 4.90 Å². The van der Waals surface area contributed by atoms with E-state index in [-0.39, 0.29) is 0 Å². The SMILES string of the molecule is Cc1c(Cl)cccc1S(=O)(=O)N1CC[C@@H]2NCCC[C@@H]2C1. The maximum atomic E-state index is 12.9. The van der Waals surface area contributed by atoms with Crippen molar-refractivity contribution in [2.75, 3.05) is 19.6 Å². The van der Waals surface area contributed by atoms with Crippen LogP contribution >= 0.6 is 11.6 Å². The van der Waals surface area contributed by atoms with E-state index in [1.807, 2.05) is 0 Å². The lowest BCUT2D eigenvalue weighted by molar-refractivity contribution is 0.171. The van der Waals surface area contributed by atoms with Gasteiger partial charge in [0.25, 0.3) is 0 Å². The summed E-state index contributed by atoms with van der Waals surface area (Å²) in [5.74, 6) is 0.432. The Morgan fingerprint density at radius 1 is 1.33 bits per heavy atom. The van der Waals surface area contributed by atoms with Gasteiger partial charge >= 0.3 is 0 Å². The third-order valence-electron chi connectivity index (χ3n) is 4.69. The van der Waals surface area contributed by atoms with E-state index < -0.39 is 10.0 Å². The van der Waals surface area contributed by atoms with Gasteiger partial charge in [-0.25, -0.2) is 8.42 Å². The van der Waals surface area contributed by atoms with Crippen molar-refractivity contribution in [2.45, 2.75) is 37.1 Å². The van der Waals surface area contributed by atoms with Crippen molar-refractivity contribution in [2.24, 2.45) is 5.92 Å². The number of halogens is 1. The van der Waals surface area contributed by atoms with Crippen molar-refractivity contribution in [3.8, 4) is 0 Å². The maximum absolute atomic E-state index is 12.9. The highest BCUT2D eigenvalue weighted by atomic mass is 35.5. The molecule has 2 aliphatic rings. The van der Waals surface area contributed by atoms with Crippen LogP contribution in [0, 0.1) is 12.8 Å². The molecule has 4 nitrogen and oxygen atoms in total. The number of nitrogens with one attached hydrogen (secondary N) is 1. The lowest BCUT2D eigenvalue weighted by Crippen LogP contribution is -2.53. The van der Waals surface area contributed by atoms with E-state index in [4.69, 9.17) is 11.6 Å². The van der Waals surface area contributed by atoms with E-state index in [0.717, 1.165) is 25.8 Å². The Bertz CT molecular complexity index is 633. The molecule has 0 unspecified atom stereocenters. The molecule has 0 radical (unpaired) electrons. The minimum absolute atomic E-state index is 0.345. The zero-order valence-electron chi connectivity index (χ0n) is 12.2. The fourth-order valence-electron chi connectivity index (χ4n) is 3.44. The largest absolute Gasteiger partial charge is 0.314 e. The Balaban J connectivity index is 1.87. The van der Waals surface area contributed by atoms with Crippen LogP contribution < -0.4 is 5.32 Å². The summed E-state index contributed by atoms with van der Waals surface area (Å²) in [6, 6.07) is 5.57. The maximum Gasteiger partial charge on any atom is 0.243 e. The van der Waals surface area contributed by atoms with Crippen molar-refractivity contribution in [3.63, 3.8) is 0 Å². The fraction of sp³-hybridized carbons (Fsp3) is 0.600. The molecule has 1 aromatic carbocycles. The smallest absolute Gasteiger partial charge is 0.243 e. The van der Waals surface area contributed by atoms with Gasteiger partial charge in [0.15, 0.2) is 0 Å². The second kappa shape index (κ2) is 5.88. The molecule has 0 aliphatic carbocycles. The number of hydrogen-bond donors (Lipinski definition) is 1. The molecule has 1 aromatic rings. The predicted molar refractivity (Wildman–Crippen MR) is 84.1 cm³/mol. The first-order valence-corrected chi connectivity index (χ1v) is 9.30. The van der Waals surface area contributed by atoms with Crippen LogP contribution in [0.1, 0.15) is 24.8 Å². The number of rotatable bonds is 2. The van der Waals surface area contributed by atoms with Crippen LogP contribution in [-0.4, -0.2) is 38.4 Å². The minimum atomic E-state index is -3.44. The molecule has 21 heavy (non-hydrogen) atoms. The summed E-state index contributed by atoms with van der Waals surface area (Å²) in [6.07, 6.45) is 3.13. The van der Waals surface area contributed by atoms with E-state index >= 15 is 0 Å². The molecule has 2 saturated heterocycles. The van der Waals surface area contributed by atoms with Crippen LogP contribution in [0.2, 0.25) is 5.02 Å². The van der Waals surface area contributed by atoms with Crippen LogP contribution in [0.5, 0.6) is 0 Å². The molecule has 116 valence electrons. The molecule has 1 N–H and O–H groups in total. The van der Waals surface area contributed by atoms with E-state index in [1.165, 1.54) is 0 Å². The molecule has 0 bridgehead atoms. The number of piperidine rings is 2. The fourth-order valence-corrected chi connectivity index (χ4v) is 5.43. The molecule has 2 atom stereocenters. The first kappa shape index (κ1) is 15.3. The van der Waals surface area contributed by atoms with Crippen LogP contribution in [0.15, 0.2) is 23.1 Å². The highest BCUT2D eigenvalue weighted by molar-refractivity contribution is 7.89. The topological polar surface area (TPSA) is 49.4 Å². The molecule has 6 heteroatoms. The summed E-state index contributed by atoms with van der Waals surface area (Å²) in [5, 5.41) is 4.02. The third-order valence-corrected chi connectivity index (χ3v) is 7.11. The van der Waals surface area contributed by atoms with Crippen LogP contribution in [0.25, 0.3) is 0 Å². The van der Waals surface area contributed by atoms with Crippen LogP contribution in [-0.2, 0) is 10.0 Å². The van der Waals surface area contributed by atoms with Gasteiger partial charge in [0.2, 0.25) is 10.0 Å². The van der Waals surface area contributed by atoms with Gasteiger partial charge in [-0.05, 0) is 56.3 Å². The van der Waals surface area contributed by atoms with Crippen molar-refractivity contribution < 1.29 is 8.42 Å². The normalized spacial score (nSPS) is 27.3. The van der Waals surface area contributed by atoms with Gasteiger partial charge < -0.3 is 5.32 Å². The van der Waals surface area contributed by atoms with Crippen molar-refractivity contribution in [3.05, 3.63) is 28.8 Å². The molecule has 0 amide bonds. The molecule has 0 saturated carbocycles. The Morgan fingerprint density at radius 2 is 2.14 bits per heavy atom. The van der Waals surface area contributed by atoms with Crippen molar-refractivity contribution >= 4 is 21.6 Å². The number of nitrogens with zero attached hydrogens (tertiary/aromatic N) is 1. The van der Waals surface area contributed by atoms with Crippen LogP contribution in [0.4, 0.5) is 0 Å². The third kappa shape index (κ3) is 2.84. The number of fused-ring (bicyclic) bond motifs is 1. The standard InChI is InChI=1S/C15H21ClN2O2S/c1-11-13(16)5-2-6-15(11)21(19,20)18-9-7-14-12(10-18)4-3-8-17-14/h2,5-6,12,14,17H,3-4,7-10H2,1H3/t12-,14+/m1/s1. The Hall–Kier alpha value is -0.620. The molecule has 2 fully saturated rings. The molecular weight excluding hydrogens is 308 g/mol. The van der Waals surface area contributed by atoms with Gasteiger partial charge in [-0.15, -0.1) is 0 Å². The first-order valence-electron chi connectivity index (χ1n) is 7.49. The summed E-state index contributed by atoms with van der Waals surface area (Å²) >= 11 is 6.08. The summed E-state index contributed by atoms with van der Waals surface area (Å²) < 4.78 is 27.4. The predicted octanol–water partition coefficient (Wildman–Crippen LogP) is 2.41. The molecule has 2 heterocycles. The van der Waals surface area contributed by atoms with Gasteiger partial charge in [0.1, 0.15) is 0 Å². The average Bonchev–Trinajstić information content (AvgIpc) is 2.49. The van der Waals surface area contributed by atoms with Crippen molar-refractivity contribution in [1.29, 1.82) is 0 Å². The number of sulfonamides is 1. The number of hydrogen-bond acceptors (Lipinski definition) is 3. The zero-order chi connectivity index (χ0) is 15.0. The average molecular weight is 329 g/mol. The highest BCUT2D eigenvalue weighted by Gasteiger charge is 2.37.